The summed E-state index contributed by atoms with van der Waals surface area (Å²) in [5, 5.41) is 0. The molecule has 0 radical (unpaired) electrons. The Morgan fingerprint density at radius 2 is 2.05 bits per heavy atom. The van der Waals surface area contributed by atoms with Gasteiger partial charge in [-0.1, -0.05) is 18.2 Å². The van der Waals surface area contributed by atoms with Crippen molar-refractivity contribution in [2.24, 2.45) is 0 Å². The molecule has 1 aromatic rings. The molecule has 102 valence electrons. The Bertz CT molecular complexity index is 511. The number of amides is 1. The second-order valence-electron chi connectivity index (χ2n) is 5.37. The molecule has 3 nitrogen and oxygen atoms in total. The third-order valence-electron chi connectivity index (χ3n) is 3.79. The minimum absolute atomic E-state index is 0.0842. The van der Waals surface area contributed by atoms with Crippen LogP contribution in [0.25, 0.3) is 0 Å². The van der Waals surface area contributed by atoms with Crippen LogP contribution in [0.5, 0.6) is 0 Å². The summed E-state index contributed by atoms with van der Waals surface area (Å²) in [5.74, 6) is -0.280. The van der Waals surface area contributed by atoms with E-state index in [9.17, 15) is 14.0 Å². The van der Waals surface area contributed by atoms with E-state index in [0.29, 0.717) is 24.9 Å². The number of hydrogen-bond donors (Lipinski definition) is 0. The molecule has 1 heterocycles. The molecular formula is C15H18FNO2. The average Bonchev–Trinajstić information content (AvgIpc) is 2.63. The SMILES string of the molecule is CC1(C)C(=O)CCN1C(=O)CCc1ccccc1F. The molecule has 0 unspecified atom stereocenters. The molecule has 0 saturated carbocycles. The van der Waals surface area contributed by atoms with E-state index in [-0.39, 0.29) is 23.9 Å². The molecule has 1 aliphatic rings. The van der Waals surface area contributed by atoms with E-state index in [1.165, 1.54) is 6.07 Å². The van der Waals surface area contributed by atoms with Crippen molar-refractivity contribution in [2.45, 2.75) is 38.6 Å². The summed E-state index contributed by atoms with van der Waals surface area (Å²) < 4.78 is 13.5. The monoisotopic (exact) mass is 263 g/mol. The van der Waals surface area contributed by atoms with Crippen molar-refractivity contribution in [3.63, 3.8) is 0 Å². The zero-order valence-corrected chi connectivity index (χ0v) is 11.3. The van der Waals surface area contributed by atoms with Crippen molar-refractivity contribution < 1.29 is 14.0 Å². The van der Waals surface area contributed by atoms with Gasteiger partial charge in [0.05, 0.1) is 5.54 Å². The topological polar surface area (TPSA) is 37.4 Å². The predicted molar refractivity (Wildman–Crippen MR) is 70.1 cm³/mol. The largest absolute Gasteiger partial charge is 0.330 e. The molecule has 2 rings (SSSR count). The summed E-state index contributed by atoms with van der Waals surface area (Å²) in [4.78, 5) is 25.4. The minimum Gasteiger partial charge on any atom is -0.330 e. The van der Waals surface area contributed by atoms with Crippen LogP contribution in [0, 0.1) is 5.82 Å². The van der Waals surface area contributed by atoms with Crippen LogP contribution < -0.4 is 0 Å². The molecule has 0 N–H and O–H groups in total. The van der Waals surface area contributed by atoms with Gasteiger partial charge >= 0.3 is 0 Å². The highest BCUT2D eigenvalue weighted by Gasteiger charge is 2.42. The van der Waals surface area contributed by atoms with E-state index in [2.05, 4.69) is 0 Å². The molecule has 1 fully saturated rings. The average molecular weight is 263 g/mol. The summed E-state index contributed by atoms with van der Waals surface area (Å²) >= 11 is 0. The van der Waals surface area contributed by atoms with Crippen molar-refractivity contribution in [3.05, 3.63) is 35.6 Å². The lowest BCUT2D eigenvalue weighted by molar-refractivity contribution is -0.138. The van der Waals surface area contributed by atoms with E-state index in [1.54, 1.807) is 36.9 Å². The molecule has 4 heteroatoms. The van der Waals surface area contributed by atoms with Crippen molar-refractivity contribution in [1.82, 2.24) is 4.90 Å². The molecule has 1 aromatic carbocycles. The molecule has 1 aliphatic heterocycles. The summed E-state index contributed by atoms with van der Waals surface area (Å²) in [5.41, 5.74) is -0.175. The van der Waals surface area contributed by atoms with Gasteiger partial charge < -0.3 is 4.90 Å². The Balaban J connectivity index is 1.99. The van der Waals surface area contributed by atoms with E-state index in [1.807, 2.05) is 0 Å². The normalized spacial score (nSPS) is 17.8. The first-order chi connectivity index (χ1) is 8.93. The standard InChI is InChI=1S/C15H18FNO2/c1-15(2)13(18)9-10-17(15)14(19)8-7-11-5-3-4-6-12(11)16/h3-6H,7-10H2,1-2H3. The van der Waals surface area contributed by atoms with Crippen molar-refractivity contribution in [2.75, 3.05) is 6.54 Å². The second kappa shape index (κ2) is 5.11. The van der Waals surface area contributed by atoms with Gasteiger partial charge in [0.1, 0.15) is 5.82 Å². The minimum atomic E-state index is -0.716. The molecule has 0 bridgehead atoms. The van der Waals surface area contributed by atoms with Gasteiger partial charge in [0.15, 0.2) is 5.78 Å². The van der Waals surface area contributed by atoms with Gasteiger partial charge in [0, 0.05) is 19.4 Å². The molecule has 0 atom stereocenters. The molecule has 0 aromatic heterocycles. The first-order valence-electron chi connectivity index (χ1n) is 6.50. The Morgan fingerprint density at radius 1 is 1.37 bits per heavy atom. The lowest BCUT2D eigenvalue weighted by Crippen LogP contribution is -2.46. The molecule has 0 aliphatic carbocycles. The molecule has 0 spiro atoms. The number of carbonyl (C=O) groups excluding carboxylic acids is 2. The molecular weight excluding hydrogens is 245 g/mol. The van der Waals surface area contributed by atoms with Gasteiger partial charge in [-0.15, -0.1) is 0 Å². The molecule has 19 heavy (non-hydrogen) atoms. The highest BCUT2D eigenvalue weighted by Crippen LogP contribution is 2.26. The van der Waals surface area contributed by atoms with E-state index in [4.69, 9.17) is 0 Å². The molecule has 1 amide bonds. The second-order valence-corrected chi connectivity index (χ2v) is 5.37. The van der Waals surface area contributed by atoms with Gasteiger partial charge in [-0.2, -0.15) is 0 Å². The number of nitrogens with zero attached hydrogens (tertiary/aromatic N) is 1. The summed E-state index contributed by atoms with van der Waals surface area (Å²) in [6, 6.07) is 6.46. The summed E-state index contributed by atoms with van der Waals surface area (Å²) in [6.45, 7) is 4.01. The number of ketones is 1. The van der Waals surface area contributed by atoms with E-state index in [0.717, 1.165) is 0 Å². The lowest BCUT2D eigenvalue weighted by atomic mass is 10.00. The zero-order valence-electron chi connectivity index (χ0n) is 11.3. The third kappa shape index (κ3) is 2.67. The predicted octanol–water partition coefficient (Wildman–Crippen LogP) is 2.34. The maximum absolute atomic E-state index is 13.5. The van der Waals surface area contributed by atoms with Gasteiger partial charge in [0.25, 0.3) is 0 Å². The fourth-order valence-corrected chi connectivity index (χ4v) is 2.46. The Hall–Kier alpha value is -1.71. The van der Waals surface area contributed by atoms with Crippen LogP contribution in [-0.2, 0) is 16.0 Å². The number of benzene rings is 1. The summed E-state index contributed by atoms with van der Waals surface area (Å²) in [7, 11) is 0. The number of rotatable bonds is 3. The van der Waals surface area contributed by atoms with Gasteiger partial charge in [-0.3, -0.25) is 9.59 Å². The van der Waals surface area contributed by atoms with E-state index < -0.39 is 5.54 Å². The van der Waals surface area contributed by atoms with Crippen molar-refractivity contribution in [1.29, 1.82) is 0 Å². The van der Waals surface area contributed by atoms with Crippen LogP contribution in [0.2, 0.25) is 0 Å². The lowest BCUT2D eigenvalue weighted by Gasteiger charge is -2.30. The van der Waals surface area contributed by atoms with Crippen LogP contribution in [0.3, 0.4) is 0 Å². The van der Waals surface area contributed by atoms with Crippen molar-refractivity contribution in [3.8, 4) is 0 Å². The Kier molecular flexibility index (Phi) is 3.69. The fraction of sp³-hybridized carbons (Fsp3) is 0.467. The number of hydrogen-bond acceptors (Lipinski definition) is 2. The quantitative estimate of drug-likeness (QED) is 0.839. The van der Waals surface area contributed by atoms with Gasteiger partial charge in [-0.25, -0.2) is 4.39 Å². The van der Waals surface area contributed by atoms with Crippen LogP contribution in [-0.4, -0.2) is 28.7 Å². The first kappa shape index (κ1) is 13.7. The third-order valence-corrected chi connectivity index (χ3v) is 3.79. The van der Waals surface area contributed by atoms with E-state index >= 15 is 0 Å². The Labute approximate surface area is 112 Å². The zero-order chi connectivity index (χ0) is 14.0. The number of likely N-dealkylation sites (tertiary alicyclic amines) is 1. The summed E-state index contributed by atoms with van der Waals surface area (Å²) in [6.07, 6.45) is 1.02. The maximum Gasteiger partial charge on any atom is 0.223 e. The van der Waals surface area contributed by atoms with Crippen LogP contribution >= 0.6 is 0 Å². The maximum atomic E-state index is 13.5. The first-order valence-corrected chi connectivity index (χ1v) is 6.50. The van der Waals surface area contributed by atoms with Gasteiger partial charge in [-0.05, 0) is 31.9 Å². The number of carbonyl (C=O) groups is 2. The van der Waals surface area contributed by atoms with Crippen LogP contribution in [0.1, 0.15) is 32.3 Å². The van der Waals surface area contributed by atoms with Crippen LogP contribution in [0.15, 0.2) is 24.3 Å². The highest BCUT2D eigenvalue weighted by atomic mass is 19.1. The number of halogens is 1. The number of Topliss-reactive ketones (excluding diaryl/α,β-unsaturated/α-hetero) is 1. The molecule has 1 saturated heterocycles. The number of aryl methyl sites for hydroxylation is 1. The van der Waals surface area contributed by atoms with Gasteiger partial charge in [0.2, 0.25) is 5.91 Å². The van der Waals surface area contributed by atoms with Crippen molar-refractivity contribution >= 4 is 11.7 Å². The highest BCUT2D eigenvalue weighted by molar-refractivity contribution is 5.95. The fourth-order valence-electron chi connectivity index (χ4n) is 2.46. The van der Waals surface area contributed by atoms with Crippen LogP contribution in [0.4, 0.5) is 4.39 Å². The smallest absolute Gasteiger partial charge is 0.223 e. The Morgan fingerprint density at radius 3 is 2.63 bits per heavy atom.